The normalized spacial score (nSPS) is 12.5. The molecule has 2 aromatic rings. The molecular formula is C19H22N2O7S. The van der Waals surface area contributed by atoms with Crippen LogP contribution in [0.2, 0.25) is 0 Å². The predicted molar refractivity (Wildman–Crippen MR) is 104 cm³/mol. The zero-order chi connectivity index (χ0) is 21.8. The maximum atomic E-state index is 11.9. The number of carboxylic acids is 1. The molecule has 1 aromatic heterocycles. The van der Waals surface area contributed by atoms with Gasteiger partial charge < -0.3 is 14.3 Å². The van der Waals surface area contributed by atoms with Crippen LogP contribution in [0, 0.1) is 0 Å². The number of rotatable bonds is 6. The molecule has 0 aliphatic rings. The number of alkyl carbamates (subject to hydrolysis) is 1. The van der Waals surface area contributed by atoms with E-state index in [9.17, 15) is 23.1 Å². The number of primary sulfonamides is 1. The summed E-state index contributed by atoms with van der Waals surface area (Å²) in [6.07, 6.45) is -0.00693. The quantitative estimate of drug-likeness (QED) is 0.606. The minimum absolute atomic E-state index is 0.0515. The van der Waals surface area contributed by atoms with E-state index in [2.05, 4.69) is 5.32 Å². The van der Waals surface area contributed by atoms with Gasteiger partial charge in [0.1, 0.15) is 28.7 Å². The number of nitrogens with two attached hydrogens (primary N) is 1. The molecule has 2 rings (SSSR count). The average molecular weight is 422 g/mol. The molecule has 1 aromatic carbocycles. The van der Waals surface area contributed by atoms with E-state index in [1.54, 1.807) is 51.1 Å². The van der Waals surface area contributed by atoms with Gasteiger partial charge in [0.2, 0.25) is 10.0 Å². The fraction of sp³-hybridized carbons (Fsp3) is 0.263. The summed E-state index contributed by atoms with van der Waals surface area (Å²) >= 11 is 0. The molecule has 0 fully saturated rings. The lowest BCUT2D eigenvalue weighted by molar-refractivity contribution is -0.132. The molecule has 1 amide bonds. The summed E-state index contributed by atoms with van der Waals surface area (Å²) in [6, 6.07) is 9.94. The second kappa shape index (κ2) is 8.50. The van der Waals surface area contributed by atoms with E-state index < -0.39 is 33.2 Å². The number of furan rings is 1. The third-order valence-electron chi connectivity index (χ3n) is 3.67. The molecule has 4 N–H and O–H groups in total. The van der Waals surface area contributed by atoms with Gasteiger partial charge in [-0.2, -0.15) is 0 Å². The van der Waals surface area contributed by atoms with E-state index in [4.69, 9.17) is 14.3 Å². The highest BCUT2D eigenvalue weighted by Crippen LogP contribution is 2.32. The number of carbonyl (C=O) groups is 2. The van der Waals surface area contributed by atoms with Crippen molar-refractivity contribution in [3.8, 4) is 0 Å². The summed E-state index contributed by atoms with van der Waals surface area (Å²) in [6.45, 7) is 5.09. The van der Waals surface area contributed by atoms with E-state index in [0.29, 0.717) is 0 Å². The van der Waals surface area contributed by atoms with Crippen molar-refractivity contribution in [3.05, 3.63) is 59.2 Å². The lowest BCUT2D eigenvalue weighted by atomic mass is 9.93. The van der Waals surface area contributed by atoms with Crippen LogP contribution in [0.15, 0.2) is 51.4 Å². The average Bonchev–Trinajstić information content (AvgIpc) is 3.05. The van der Waals surface area contributed by atoms with Crippen LogP contribution in [0.5, 0.6) is 0 Å². The Balaban J connectivity index is 2.25. The molecule has 0 saturated heterocycles. The predicted octanol–water partition coefficient (Wildman–Crippen LogP) is 2.58. The molecule has 0 unspecified atom stereocenters. The number of hydrogen-bond donors (Lipinski definition) is 3. The number of aliphatic carboxylic acids is 1. The topological polar surface area (TPSA) is 149 Å². The Kier molecular flexibility index (Phi) is 6.50. The van der Waals surface area contributed by atoms with Crippen LogP contribution in [0.3, 0.4) is 0 Å². The fourth-order valence-corrected chi connectivity index (χ4v) is 3.25. The van der Waals surface area contributed by atoms with E-state index in [0.717, 1.165) is 17.7 Å². The van der Waals surface area contributed by atoms with Crippen molar-refractivity contribution in [2.45, 2.75) is 37.7 Å². The Labute approximate surface area is 168 Å². The maximum absolute atomic E-state index is 11.9. The smallest absolute Gasteiger partial charge is 0.412 e. The van der Waals surface area contributed by atoms with Crippen LogP contribution in [0.25, 0.3) is 6.08 Å². The number of nitrogens with one attached hydrogen (secondary N) is 1. The van der Waals surface area contributed by atoms with E-state index in [-0.39, 0.29) is 23.0 Å². The second-order valence-electron chi connectivity index (χ2n) is 7.19. The molecule has 0 atom stereocenters. The molecule has 29 heavy (non-hydrogen) atoms. The molecule has 9 nitrogen and oxygen atoms in total. The van der Waals surface area contributed by atoms with Gasteiger partial charge in [0.05, 0.1) is 0 Å². The Morgan fingerprint density at radius 2 is 1.86 bits per heavy atom. The summed E-state index contributed by atoms with van der Waals surface area (Å²) in [5.41, 5.74) is -0.542. The van der Waals surface area contributed by atoms with Crippen molar-refractivity contribution in [2.75, 3.05) is 0 Å². The van der Waals surface area contributed by atoms with Gasteiger partial charge in [0.15, 0.2) is 0 Å². The lowest BCUT2D eigenvalue weighted by Gasteiger charge is -2.16. The largest absolute Gasteiger partial charge is 0.477 e. The monoisotopic (exact) mass is 422 g/mol. The van der Waals surface area contributed by atoms with Gasteiger partial charge in [0, 0.05) is 17.6 Å². The Bertz CT molecular complexity index is 1030. The molecule has 0 aliphatic carbocycles. The van der Waals surface area contributed by atoms with E-state index in [1.165, 1.54) is 0 Å². The molecule has 0 saturated carbocycles. The van der Waals surface area contributed by atoms with E-state index >= 15 is 0 Å². The number of carboxylic acid groups (broad SMARTS) is 1. The van der Waals surface area contributed by atoms with Crippen molar-refractivity contribution in [3.63, 3.8) is 0 Å². The number of amides is 1. The highest BCUT2D eigenvalue weighted by atomic mass is 32.2. The fourth-order valence-electron chi connectivity index (χ4n) is 2.36. The van der Waals surface area contributed by atoms with Crippen molar-refractivity contribution < 1.29 is 32.3 Å². The molecule has 0 aliphatic heterocycles. The van der Waals surface area contributed by atoms with E-state index in [1.807, 2.05) is 0 Å². The Morgan fingerprint density at radius 1 is 1.24 bits per heavy atom. The van der Waals surface area contributed by atoms with Gasteiger partial charge in [-0.3, -0.25) is 5.32 Å². The van der Waals surface area contributed by atoms with Gasteiger partial charge >= 0.3 is 12.1 Å². The van der Waals surface area contributed by atoms with Crippen molar-refractivity contribution >= 4 is 28.2 Å². The molecule has 0 spiro atoms. The number of hydrogen-bond acceptors (Lipinski definition) is 6. The van der Waals surface area contributed by atoms with Crippen LogP contribution in [-0.2, 0) is 31.6 Å². The highest BCUT2D eigenvalue weighted by Gasteiger charge is 2.29. The lowest BCUT2D eigenvalue weighted by Crippen LogP contribution is -2.27. The van der Waals surface area contributed by atoms with Gasteiger partial charge in [-0.1, -0.05) is 51.1 Å². The Morgan fingerprint density at radius 3 is 2.34 bits per heavy atom. The summed E-state index contributed by atoms with van der Waals surface area (Å²) in [7, 11) is -4.10. The SMILES string of the molecule is CC(C)(C)c1oc(/C=C(/NC(=O)OCc2ccccc2)C(=O)O)cc1S(N)(=O)=O. The van der Waals surface area contributed by atoms with Crippen LogP contribution >= 0.6 is 0 Å². The summed E-state index contributed by atoms with van der Waals surface area (Å²) in [5, 5.41) is 16.7. The minimum Gasteiger partial charge on any atom is -0.477 e. The molecule has 0 bridgehead atoms. The summed E-state index contributed by atoms with van der Waals surface area (Å²) in [5.74, 6) is -1.49. The Hall–Kier alpha value is -3.11. The highest BCUT2D eigenvalue weighted by molar-refractivity contribution is 7.89. The first-order valence-corrected chi connectivity index (χ1v) is 10.0. The maximum Gasteiger partial charge on any atom is 0.412 e. The van der Waals surface area contributed by atoms with Gasteiger partial charge in [0.25, 0.3) is 0 Å². The van der Waals surface area contributed by atoms with Crippen LogP contribution in [-0.4, -0.2) is 25.6 Å². The molecule has 0 radical (unpaired) electrons. The molecule has 156 valence electrons. The van der Waals surface area contributed by atoms with Crippen molar-refractivity contribution in [1.29, 1.82) is 0 Å². The molecular weight excluding hydrogens is 400 g/mol. The first-order chi connectivity index (χ1) is 13.4. The van der Waals surface area contributed by atoms with Gasteiger partial charge in [-0.05, 0) is 5.56 Å². The number of sulfonamides is 1. The van der Waals surface area contributed by atoms with Crippen LogP contribution < -0.4 is 10.5 Å². The van der Waals surface area contributed by atoms with Crippen LogP contribution in [0.4, 0.5) is 4.79 Å². The third kappa shape index (κ3) is 6.19. The summed E-state index contributed by atoms with van der Waals surface area (Å²) in [4.78, 5) is 23.1. The number of benzene rings is 1. The first-order valence-electron chi connectivity index (χ1n) is 8.47. The zero-order valence-corrected chi connectivity index (χ0v) is 16.9. The number of carbonyl (C=O) groups excluding carboxylic acids is 1. The standard InChI is InChI=1S/C19H22N2O7S/c1-19(2,3)16-15(29(20,25)26)10-13(28-16)9-14(17(22)23)21-18(24)27-11-12-7-5-4-6-8-12/h4-10H,11H2,1-3H3,(H,21,24)(H,22,23)(H2,20,25,26)/b14-9+. The van der Waals surface area contributed by atoms with Crippen molar-refractivity contribution in [1.82, 2.24) is 5.32 Å². The first kappa shape index (κ1) is 22.2. The van der Waals surface area contributed by atoms with Crippen molar-refractivity contribution in [2.24, 2.45) is 5.14 Å². The van der Waals surface area contributed by atoms with Gasteiger partial charge in [-0.25, -0.2) is 23.1 Å². The zero-order valence-electron chi connectivity index (χ0n) is 16.1. The molecule has 1 heterocycles. The van der Waals surface area contributed by atoms with Crippen LogP contribution in [0.1, 0.15) is 37.9 Å². The molecule has 10 heteroatoms. The third-order valence-corrected chi connectivity index (χ3v) is 4.59. The number of ether oxygens (including phenoxy) is 1. The summed E-state index contributed by atoms with van der Waals surface area (Å²) < 4.78 is 34.1. The van der Waals surface area contributed by atoms with Gasteiger partial charge in [-0.15, -0.1) is 0 Å². The minimum atomic E-state index is -4.10. The second-order valence-corrected chi connectivity index (χ2v) is 8.72.